The van der Waals surface area contributed by atoms with Gasteiger partial charge in [0.1, 0.15) is 0 Å². The van der Waals surface area contributed by atoms with Crippen LogP contribution >= 0.6 is 0 Å². The van der Waals surface area contributed by atoms with Crippen LogP contribution in [0.5, 0.6) is 0 Å². The molecule has 6 nitrogen and oxygen atoms in total. The highest BCUT2D eigenvalue weighted by molar-refractivity contribution is 6.07. The SMILES string of the molecule is CCC(C)c1ccc([C@H]2NC(=O)N(c3cccc(C(F)(F)F)c3)C3=C2C(=O)N(CCCN(C)C)C3)cc1. The topological polar surface area (TPSA) is 55.9 Å². The summed E-state index contributed by atoms with van der Waals surface area (Å²) in [5, 5.41) is 2.89. The Kier molecular flexibility index (Phi) is 7.64. The van der Waals surface area contributed by atoms with E-state index in [0.717, 1.165) is 42.6 Å². The summed E-state index contributed by atoms with van der Waals surface area (Å²) >= 11 is 0. The largest absolute Gasteiger partial charge is 0.416 e. The summed E-state index contributed by atoms with van der Waals surface area (Å²) in [5.41, 5.74) is 1.98. The number of rotatable bonds is 8. The van der Waals surface area contributed by atoms with E-state index < -0.39 is 23.8 Å². The van der Waals surface area contributed by atoms with Crippen LogP contribution in [0.4, 0.5) is 23.7 Å². The summed E-state index contributed by atoms with van der Waals surface area (Å²) < 4.78 is 40.3. The predicted octanol–water partition coefficient (Wildman–Crippen LogP) is 5.54. The van der Waals surface area contributed by atoms with Crippen molar-refractivity contribution in [2.24, 2.45) is 0 Å². The maximum atomic E-state index is 13.6. The van der Waals surface area contributed by atoms with Gasteiger partial charge in [-0.3, -0.25) is 9.69 Å². The van der Waals surface area contributed by atoms with Gasteiger partial charge in [-0.2, -0.15) is 13.2 Å². The molecule has 3 amide bonds. The predicted molar refractivity (Wildman–Crippen MR) is 137 cm³/mol. The van der Waals surface area contributed by atoms with E-state index in [4.69, 9.17) is 0 Å². The molecular formula is C28H33F3N4O2. The van der Waals surface area contributed by atoms with Gasteiger partial charge in [0.05, 0.1) is 35.1 Å². The molecule has 0 aromatic heterocycles. The Hall–Kier alpha value is -3.33. The summed E-state index contributed by atoms with van der Waals surface area (Å²) in [4.78, 5) is 31.9. The minimum Gasteiger partial charge on any atom is -0.333 e. The van der Waals surface area contributed by atoms with Gasteiger partial charge in [0.2, 0.25) is 0 Å². The van der Waals surface area contributed by atoms with Gasteiger partial charge in [0.15, 0.2) is 0 Å². The van der Waals surface area contributed by atoms with Crippen molar-refractivity contribution in [3.05, 3.63) is 76.5 Å². The third kappa shape index (κ3) is 5.51. The summed E-state index contributed by atoms with van der Waals surface area (Å²) in [6.07, 6.45) is -2.83. The Morgan fingerprint density at radius 2 is 1.81 bits per heavy atom. The van der Waals surface area contributed by atoms with Crippen LogP contribution < -0.4 is 10.2 Å². The summed E-state index contributed by atoms with van der Waals surface area (Å²) in [7, 11) is 3.90. The molecular weight excluding hydrogens is 481 g/mol. The number of anilines is 1. The third-order valence-electron chi connectivity index (χ3n) is 7.11. The van der Waals surface area contributed by atoms with Crippen LogP contribution in [0.2, 0.25) is 0 Å². The van der Waals surface area contributed by atoms with Crippen molar-refractivity contribution in [2.75, 3.05) is 38.6 Å². The number of nitrogens with one attached hydrogen (secondary N) is 1. The average Bonchev–Trinajstić information content (AvgIpc) is 3.18. The first kappa shape index (κ1) is 26.7. The lowest BCUT2D eigenvalue weighted by atomic mass is 9.92. The van der Waals surface area contributed by atoms with Crippen molar-refractivity contribution in [2.45, 2.75) is 44.8 Å². The average molecular weight is 515 g/mol. The fraction of sp³-hybridized carbons (Fsp3) is 0.429. The van der Waals surface area contributed by atoms with E-state index in [1.807, 2.05) is 43.3 Å². The fourth-order valence-electron chi connectivity index (χ4n) is 4.85. The molecule has 2 atom stereocenters. The van der Waals surface area contributed by atoms with Crippen molar-refractivity contribution in [1.29, 1.82) is 0 Å². The van der Waals surface area contributed by atoms with Gasteiger partial charge in [-0.1, -0.05) is 44.2 Å². The fourth-order valence-corrected chi connectivity index (χ4v) is 4.85. The van der Waals surface area contributed by atoms with E-state index in [2.05, 4.69) is 19.2 Å². The minimum atomic E-state index is -4.55. The van der Waals surface area contributed by atoms with Crippen molar-refractivity contribution in [3.8, 4) is 0 Å². The molecule has 0 fully saturated rings. The van der Waals surface area contributed by atoms with Gasteiger partial charge in [0, 0.05) is 6.54 Å². The Bertz CT molecular complexity index is 1190. The standard InChI is InChI=1S/C28H33F3N4O2/c1-5-18(2)19-10-12-20(13-11-19)25-24-23(17-34(26(24)36)15-7-14-33(3)4)35(27(37)32-25)22-9-6-8-21(16-22)28(29,30)31/h6,8-13,16,18,25H,5,7,14-15,17H2,1-4H3,(H,32,37)/t18?,25-/m1/s1. The molecule has 2 aliphatic heterocycles. The van der Waals surface area contributed by atoms with Crippen LogP contribution in [0.1, 0.15) is 55.3 Å². The van der Waals surface area contributed by atoms with Gasteiger partial charge in [-0.25, -0.2) is 4.79 Å². The Morgan fingerprint density at radius 3 is 2.43 bits per heavy atom. The first-order valence-corrected chi connectivity index (χ1v) is 12.6. The normalized spacial score (nSPS) is 19.0. The van der Waals surface area contributed by atoms with E-state index in [0.29, 0.717) is 23.7 Å². The first-order valence-electron chi connectivity index (χ1n) is 12.6. The number of halogens is 3. The summed E-state index contributed by atoms with van der Waals surface area (Å²) in [5.74, 6) is 0.170. The number of amides is 3. The zero-order chi connectivity index (χ0) is 26.9. The van der Waals surface area contributed by atoms with Crippen LogP contribution in [-0.2, 0) is 11.0 Å². The van der Waals surface area contributed by atoms with Crippen molar-refractivity contribution < 1.29 is 22.8 Å². The molecule has 2 aliphatic rings. The van der Waals surface area contributed by atoms with E-state index in [1.165, 1.54) is 17.0 Å². The molecule has 4 rings (SSSR count). The van der Waals surface area contributed by atoms with Gasteiger partial charge < -0.3 is 15.1 Å². The quantitative estimate of drug-likeness (QED) is 0.504. The van der Waals surface area contributed by atoms with E-state index in [9.17, 15) is 22.8 Å². The molecule has 0 saturated carbocycles. The molecule has 1 unspecified atom stereocenters. The second-order valence-corrected chi connectivity index (χ2v) is 9.99. The van der Waals surface area contributed by atoms with Gasteiger partial charge in [-0.15, -0.1) is 0 Å². The van der Waals surface area contributed by atoms with Crippen molar-refractivity contribution in [3.63, 3.8) is 0 Å². The molecule has 0 aliphatic carbocycles. The summed E-state index contributed by atoms with van der Waals surface area (Å²) in [6.45, 7) is 5.67. The Balaban J connectivity index is 1.74. The van der Waals surface area contributed by atoms with E-state index in [1.54, 1.807) is 4.90 Å². The second kappa shape index (κ2) is 10.6. The number of nitrogens with zero attached hydrogens (tertiary/aromatic N) is 3. The molecule has 1 N–H and O–H groups in total. The maximum Gasteiger partial charge on any atom is 0.416 e. The zero-order valence-electron chi connectivity index (χ0n) is 21.6. The van der Waals surface area contributed by atoms with Gasteiger partial charge in [-0.05, 0) is 68.7 Å². The van der Waals surface area contributed by atoms with Gasteiger partial charge in [0.25, 0.3) is 5.91 Å². The molecule has 2 aromatic rings. The van der Waals surface area contributed by atoms with Gasteiger partial charge >= 0.3 is 12.2 Å². The molecule has 0 radical (unpaired) electrons. The molecule has 37 heavy (non-hydrogen) atoms. The Labute approximate surface area is 215 Å². The highest BCUT2D eigenvalue weighted by atomic mass is 19.4. The lowest BCUT2D eigenvalue weighted by Crippen LogP contribution is -2.47. The lowest BCUT2D eigenvalue weighted by Gasteiger charge is -2.34. The zero-order valence-corrected chi connectivity index (χ0v) is 21.6. The Morgan fingerprint density at radius 1 is 1.11 bits per heavy atom. The molecule has 0 spiro atoms. The number of benzene rings is 2. The smallest absolute Gasteiger partial charge is 0.333 e. The maximum absolute atomic E-state index is 13.6. The van der Waals surface area contributed by atoms with Crippen molar-refractivity contribution >= 4 is 17.6 Å². The van der Waals surface area contributed by atoms with Crippen LogP contribution in [0.15, 0.2) is 59.8 Å². The molecule has 2 aromatic carbocycles. The van der Waals surface area contributed by atoms with Crippen LogP contribution in [-0.4, -0.2) is 55.5 Å². The molecule has 0 saturated heterocycles. The highest BCUT2D eigenvalue weighted by Crippen LogP contribution is 2.40. The first-order chi connectivity index (χ1) is 17.5. The molecule has 9 heteroatoms. The molecule has 198 valence electrons. The van der Waals surface area contributed by atoms with E-state index in [-0.39, 0.29) is 18.1 Å². The number of urea groups is 1. The number of carbonyl (C=O) groups is 2. The number of carbonyl (C=O) groups excluding carboxylic acids is 2. The minimum absolute atomic E-state index is 0.0772. The summed E-state index contributed by atoms with van der Waals surface area (Å²) in [6, 6.07) is 11.3. The highest BCUT2D eigenvalue weighted by Gasteiger charge is 2.45. The van der Waals surface area contributed by atoms with Crippen molar-refractivity contribution in [1.82, 2.24) is 15.1 Å². The lowest BCUT2D eigenvalue weighted by molar-refractivity contribution is -0.137. The number of alkyl halides is 3. The monoisotopic (exact) mass is 514 g/mol. The molecule has 0 bridgehead atoms. The molecule has 2 heterocycles. The number of hydrogen-bond donors (Lipinski definition) is 1. The second-order valence-electron chi connectivity index (χ2n) is 9.99. The van der Waals surface area contributed by atoms with Crippen LogP contribution in [0.25, 0.3) is 0 Å². The van der Waals surface area contributed by atoms with E-state index >= 15 is 0 Å². The third-order valence-corrected chi connectivity index (χ3v) is 7.11. The van der Waals surface area contributed by atoms with Crippen LogP contribution in [0, 0.1) is 0 Å². The number of hydrogen-bond acceptors (Lipinski definition) is 3. The van der Waals surface area contributed by atoms with Crippen LogP contribution in [0.3, 0.4) is 0 Å².